The van der Waals surface area contributed by atoms with Crippen molar-refractivity contribution in [2.75, 3.05) is 5.32 Å². The number of hydrogen-bond acceptors (Lipinski definition) is 5. The molecule has 184 valence electrons. The molecule has 1 aromatic heterocycles. The average Bonchev–Trinajstić information content (AvgIpc) is 2.91. The van der Waals surface area contributed by atoms with Gasteiger partial charge in [0.15, 0.2) is 0 Å². The summed E-state index contributed by atoms with van der Waals surface area (Å²) >= 11 is 0. The molecule has 0 spiro atoms. The largest absolute Gasteiger partial charge is 0.458 e. The Morgan fingerprint density at radius 3 is 2.12 bits per heavy atom. The molecular formula is C25H32FN3O5. The number of hydrogen-bond donors (Lipinski definition) is 2. The monoisotopic (exact) mass is 473 g/mol. The number of rotatable bonds is 6. The van der Waals surface area contributed by atoms with Crippen molar-refractivity contribution >= 4 is 29.3 Å². The van der Waals surface area contributed by atoms with E-state index >= 15 is 0 Å². The molecule has 2 N–H and O–H groups in total. The van der Waals surface area contributed by atoms with Crippen LogP contribution >= 0.6 is 0 Å². The van der Waals surface area contributed by atoms with E-state index in [2.05, 4.69) is 10.6 Å². The number of ether oxygens (including phenoxy) is 1. The normalized spacial score (nSPS) is 11.7. The van der Waals surface area contributed by atoms with Crippen LogP contribution in [-0.4, -0.2) is 39.3 Å². The standard InChI is InChI=1S/C25H32FN3O5/c1-13-12-16(10-11-17(13)26)27-21(31)18-14(2)19(29(9)15(18)3)20(30)22(32)28-25(7,8)23(33)34-24(4,5)6/h10-12H,1-9H3,(H,27,31)(H,28,32). The highest BCUT2D eigenvalue weighted by Crippen LogP contribution is 2.24. The van der Waals surface area contributed by atoms with Gasteiger partial charge in [-0.05, 0) is 84.7 Å². The molecule has 0 radical (unpaired) electrons. The van der Waals surface area contributed by atoms with Gasteiger partial charge in [-0.3, -0.25) is 14.4 Å². The zero-order valence-corrected chi connectivity index (χ0v) is 21.1. The van der Waals surface area contributed by atoms with E-state index in [4.69, 9.17) is 4.74 Å². The van der Waals surface area contributed by atoms with Crippen LogP contribution in [0.15, 0.2) is 18.2 Å². The van der Waals surface area contributed by atoms with E-state index in [0.717, 1.165) is 0 Å². The Labute approximate surface area is 198 Å². The molecular weight excluding hydrogens is 441 g/mol. The van der Waals surface area contributed by atoms with Gasteiger partial charge in [0, 0.05) is 18.4 Å². The highest BCUT2D eigenvalue weighted by atomic mass is 19.1. The predicted octanol–water partition coefficient (Wildman–Crippen LogP) is 3.76. The lowest BCUT2D eigenvalue weighted by Crippen LogP contribution is -2.54. The summed E-state index contributed by atoms with van der Waals surface area (Å²) in [6, 6.07) is 4.19. The Hall–Kier alpha value is -3.49. The highest BCUT2D eigenvalue weighted by Gasteiger charge is 2.37. The first-order chi connectivity index (χ1) is 15.5. The lowest BCUT2D eigenvalue weighted by atomic mass is 10.0. The van der Waals surface area contributed by atoms with Gasteiger partial charge in [-0.1, -0.05) is 0 Å². The van der Waals surface area contributed by atoms with Crippen molar-refractivity contribution in [3.05, 3.63) is 52.1 Å². The smallest absolute Gasteiger partial charge is 0.331 e. The summed E-state index contributed by atoms with van der Waals surface area (Å²) in [7, 11) is 1.57. The molecule has 0 aliphatic carbocycles. The van der Waals surface area contributed by atoms with Crippen molar-refractivity contribution < 1.29 is 28.3 Å². The van der Waals surface area contributed by atoms with Gasteiger partial charge in [0.2, 0.25) is 0 Å². The lowest BCUT2D eigenvalue weighted by Gasteiger charge is -2.29. The average molecular weight is 474 g/mol. The molecule has 0 aliphatic heterocycles. The van der Waals surface area contributed by atoms with Gasteiger partial charge in [-0.15, -0.1) is 0 Å². The summed E-state index contributed by atoms with van der Waals surface area (Å²) in [6.45, 7) is 12.8. The fourth-order valence-corrected chi connectivity index (χ4v) is 3.45. The first-order valence-corrected chi connectivity index (χ1v) is 10.8. The number of aromatic nitrogens is 1. The van der Waals surface area contributed by atoms with E-state index in [9.17, 15) is 23.6 Å². The summed E-state index contributed by atoms with van der Waals surface area (Å²) in [5, 5.41) is 5.13. The molecule has 0 aliphatic rings. The molecule has 0 atom stereocenters. The van der Waals surface area contributed by atoms with Gasteiger partial charge in [-0.2, -0.15) is 0 Å². The Morgan fingerprint density at radius 1 is 1.00 bits per heavy atom. The van der Waals surface area contributed by atoms with E-state index in [1.165, 1.54) is 36.6 Å². The number of benzene rings is 1. The third kappa shape index (κ3) is 5.70. The number of nitrogens with zero attached hydrogens (tertiary/aromatic N) is 1. The first-order valence-electron chi connectivity index (χ1n) is 10.8. The highest BCUT2D eigenvalue weighted by molar-refractivity contribution is 6.43. The van der Waals surface area contributed by atoms with Gasteiger partial charge >= 0.3 is 5.97 Å². The zero-order valence-electron chi connectivity index (χ0n) is 21.1. The Morgan fingerprint density at radius 2 is 1.59 bits per heavy atom. The number of Topliss-reactive ketones (excluding diaryl/α,β-unsaturated/α-hetero) is 1. The number of ketones is 1. The molecule has 8 nitrogen and oxygen atoms in total. The minimum absolute atomic E-state index is 0.0235. The Bertz CT molecular complexity index is 1170. The number of carbonyl (C=O) groups is 4. The molecule has 1 heterocycles. The van der Waals surface area contributed by atoms with Gasteiger partial charge < -0.3 is 19.9 Å². The number of anilines is 1. The number of halogens is 1. The third-order valence-electron chi connectivity index (χ3n) is 5.33. The maximum atomic E-state index is 13.5. The zero-order chi connectivity index (χ0) is 26.2. The van der Waals surface area contributed by atoms with Crippen molar-refractivity contribution in [3.63, 3.8) is 0 Å². The topological polar surface area (TPSA) is 106 Å². The molecule has 2 amide bonds. The fraction of sp³-hybridized carbons (Fsp3) is 0.440. The number of aryl methyl sites for hydroxylation is 1. The van der Waals surface area contributed by atoms with Crippen molar-refractivity contribution in [1.82, 2.24) is 9.88 Å². The van der Waals surface area contributed by atoms with Crippen LogP contribution in [0.25, 0.3) is 0 Å². The number of amides is 2. The molecule has 0 saturated carbocycles. The van der Waals surface area contributed by atoms with Crippen molar-refractivity contribution in [2.24, 2.45) is 7.05 Å². The first kappa shape index (κ1) is 26.8. The second-order valence-corrected chi connectivity index (χ2v) is 9.82. The summed E-state index contributed by atoms with van der Waals surface area (Å²) in [6.07, 6.45) is 0. The molecule has 2 rings (SSSR count). The SMILES string of the molecule is Cc1cc(NC(=O)c2c(C)c(C(=O)C(=O)NC(C)(C)C(=O)OC(C)(C)C)n(C)c2C)ccc1F. The predicted molar refractivity (Wildman–Crippen MR) is 126 cm³/mol. The maximum absolute atomic E-state index is 13.5. The Balaban J connectivity index is 2.31. The summed E-state index contributed by atoms with van der Waals surface area (Å²) in [4.78, 5) is 51.2. The minimum atomic E-state index is -1.45. The van der Waals surface area contributed by atoms with Gasteiger partial charge in [0.25, 0.3) is 17.6 Å². The molecule has 0 unspecified atom stereocenters. The van der Waals surface area contributed by atoms with E-state index < -0.39 is 40.5 Å². The summed E-state index contributed by atoms with van der Waals surface area (Å²) < 4.78 is 20.3. The summed E-state index contributed by atoms with van der Waals surface area (Å²) in [5.41, 5.74) is -0.407. The quantitative estimate of drug-likeness (QED) is 0.377. The molecule has 34 heavy (non-hydrogen) atoms. The van der Waals surface area contributed by atoms with Gasteiger partial charge in [0.1, 0.15) is 17.0 Å². The van der Waals surface area contributed by atoms with Crippen LogP contribution in [0.5, 0.6) is 0 Å². The van der Waals surface area contributed by atoms with E-state index in [1.54, 1.807) is 48.6 Å². The second kappa shape index (κ2) is 9.40. The van der Waals surface area contributed by atoms with Gasteiger partial charge in [0.05, 0.1) is 11.3 Å². The molecule has 0 fully saturated rings. The molecule has 2 aromatic rings. The molecule has 1 aromatic carbocycles. The van der Waals surface area contributed by atoms with E-state index in [0.29, 0.717) is 22.5 Å². The number of carbonyl (C=O) groups excluding carboxylic acids is 4. The van der Waals surface area contributed by atoms with Crippen LogP contribution in [0.3, 0.4) is 0 Å². The number of nitrogens with one attached hydrogen (secondary N) is 2. The van der Waals surface area contributed by atoms with Crippen LogP contribution < -0.4 is 10.6 Å². The lowest BCUT2D eigenvalue weighted by molar-refractivity contribution is -0.162. The fourth-order valence-electron chi connectivity index (χ4n) is 3.45. The molecule has 0 bridgehead atoms. The van der Waals surface area contributed by atoms with E-state index in [1.807, 2.05) is 0 Å². The van der Waals surface area contributed by atoms with Crippen molar-refractivity contribution in [1.29, 1.82) is 0 Å². The van der Waals surface area contributed by atoms with Crippen molar-refractivity contribution in [2.45, 2.75) is 66.5 Å². The second-order valence-electron chi connectivity index (χ2n) is 9.82. The van der Waals surface area contributed by atoms with Crippen LogP contribution in [0, 0.1) is 26.6 Å². The minimum Gasteiger partial charge on any atom is -0.458 e. The maximum Gasteiger partial charge on any atom is 0.331 e. The van der Waals surface area contributed by atoms with E-state index in [-0.39, 0.29) is 11.3 Å². The Kier molecular flexibility index (Phi) is 7.40. The van der Waals surface area contributed by atoms with Crippen LogP contribution in [0.4, 0.5) is 10.1 Å². The molecule has 9 heteroatoms. The van der Waals surface area contributed by atoms with Gasteiger partial charge in [-0.25, -0.2) is 9.18 Å². The van der Waals surface area contributed by atoms with Crippen LogP contribution in [0.1, 0.15) is 72.3 Å². The third-order valence-corrected chi connectivity index (χ3v) is 5.33. The number of esters is 1. The molecule has 0 saturated heterocycles. The summed E-state index contributed by atoms with van der Waals surface area (Å²) in [5.74, 6) is -3.46. The van der Waals surface area contributed by atoms with Crippen LogP contribution in [-0.2, 0) is 21.4 Å². The van der Waals surface area contributed by atoms with Crippen molar-refractivity contribution in [3.8, 4) is 0 Å². The van der Waals surface area contributed by atoms with Crippen LogP contribution in [0.2, 0.25) is 0 Å².